The van der Waals surface area contributed by atoms with Crippen LogP contribution in [0.2, 0.25) is 0 Å². The van der Waals surface area contributed by atoms with Gasteiger partial charge in [0.2, 0.25) is 0 Å². The Morgan fingerprint density at radius 3 is 2.37 bits per heavy atom. The van der Waals surface area contributed by atoms with Crippen LogP contribution in [0.3, 0.4) is 0 Å². The van der Waals surface area contributed by atoms with E-state index in [1.165, 1.54) is 26.3 Å². The second-order valence-corrected chi connectivity index (χ2v) is 13.2. The lowest BCUT2D eigenvalue weighted by atomic mass is 9.92. The standard InChI is InChI=1S/C21H23F3N2O3.C16H14IN5O/c1-28-10-8-18-16-12-15(5-3-13(16)7-9-25-18)26-20(27)14-4-6-19(29-2)17(11-14)21(22,23)24;17-15-8-13(7-11-9-19-6-5-14(11)15)20-16(23)10-1-3-12(4-2-10)21-22-18/h3-6,11-12,18,25H,7-10H2,1-2H3,(H,26,27);1-4,7-8,19H,5-6,9H2,(H,20,23). The van der Waals surface area contributed by atoms with Crippen molar-refractivity contribution in [2.75, 3.05) is 44.5 Å². The molecule has 11 nitrogen and oxygen atoms in total. The number of fused-ring (bicyclic) bond motifs is 2. The Kier molecular flexibility index (Phi) is 13.1. The molecule has 0 spiro atoms. The normalized spacial score (nSPS) is 14.8. The molecule has 2 aliphatic rings. The summed E-state index contributed by atoms with van der Waals surface area (Å²) < 4.78 is 50.7. The van der Waals surface area contributed by atoms with E-state index < -0.39 is 17.6 Å². The highest BCUT2D eigenvalue weighted by molar-refractivity contribution is 14.1. The molecule has 0 bridgehead atoms. The van der Waals surface area contributed by atoms with Crippen molar-refractivity contribution in [2.24, 2.45) is 5.11 Å². The van der Waals surface area contributed by atoms with Crippen LogP contribution in [0.15, 0.2) is 77.9 Å². The maximum absolute atomic E-state index is 13.2. The average Bonchev–Trinajstić information content (AvgIpc) is 3.14. The molecule has 2 amide bonds. The summed E-state index contributed by atoms with van der Waals surface area (Å²) in [5, 5.41) is 15.9. The monoisotopic (exact) mass is 827 g/mol. The maximum atomic E-state index is 13.2. The van der Waals surface area contributed by atoms with Crippen LogP contribution >= 0.6 is 22.6 Å². The van der Waals surface area contributed by atoms with Gasteiger partial charge >= 0.3 is 6.18 Å². The van der Waals surface area contributed by atoms with Crippen LogP contribution in [0.25, 0.3) is 10.4 Å². The number of alkyl halides is 3. The summed E-state index contributed by atoms with van der Waals surface area (Å²) >= 11 is 2.32. The molecule has 1 unspecified atom stereocenters. The molecule has 0 radical (unpaired) electrons. The van der Waals surface area contributed by atoms with Gasteiger partial charge in [0.1, 0.15) is 5.75 Å². The lowest BCUT2D eigenvalue weighted by Crippen LogP contribution is -2.30. The predicted octanol–water partition coefficient (Wildman–Crippen LogP) is 8.32. The number of rotatable bonds is 9. The number of azide groups is 1. The Morgan fingerprint density at radius 1 is 0.923 bits per heavy atom. The minimum Gasteiger partial charge on any atom is -0.496 e. The molecule has 0 saturated heterocycles. The van der Waals surface area contributed by atoms with Crippen molar-refractivity contribution >= 4 is 51.5 Å². The average molecular weight is 828 g/mol. The highest BCUT2D eigenvalue weighted by atomic mass is 127. The van der Waals surface area contributed by atoms with E-state index in [-0.39, 0.29) is 23.3 Å². The van der Waals surface area contributed by atoms with Gasteiger partial charge < -0.3 is 30.7 Å². The van der Waals surface area contributed by atoms with E-state index in [4.69, 9.17) is 15.0 Å². The molecule has 6 rings (SSSR count). The predicted molar refractivity (Wildman–Crippen MR) is 201 cm³/mol. The first-order valence-corrected chi connectivity index (χ1v) is 17.5. The smallest absolute Gasteiger partial charge is 0.419 e. The lowest BCUT2D eigenvalue weighted by molar-refractivity contribution is -0.138. The molecule has 0 fully saturated rings. The first-order chi connectivity index (χ1) is 25.0. The Hall–Kier alpha value is -4.67. The van der Waals surface area contributed by atoms with E-state index in [2.05, 4.69) is 53.9 Å². The number of carbonyl (C=O) groups excluding carboxylic acids is 2. The lowest BCUT2D eigenvalue weighted by Gasteiger charge is -2.27. The summed E-state index contributed by atoms with van der Waals surface area (Å²) in [6, 6.07) is 19.5. The number of anilines is 2. The van der Waals surface area contributed by atoms with Crippen LogP contribution in [-0.4, -0.2) is 45.7 Å². The molecule has 2 aliphatic heterocycles. The van der Waals surface area contributed by atoms with E-state index in [9.17, 15) is 22.8 Å². The maximum Gasteiger partial charge on any atom is 0.419 e. The van der Waals surface area contributed by atoms with Crippen LogP contribution in [0.1, 0.15) is 61.0 Å². The van der Waals surface area contributed by atoms with Gasteiger partial charge in [-0.25, -0.2) is 0 Å². The van der Waals surface area contributed by atoms with Crippen molar-refractivity contribution in [3.05, 3.63) is 126 Å². The van der Waals surface area contributed by atoms with E-state index in [0.717, 1.165) is 69.4 Å². The molecule has 1 atom stereocenters. The number of methoxy groups -OCH3 is 2. The molecular weight excluding hydrogens is 790 g/mol. The van der Waals surface area contributed by atoms with E-state index in [0.29, 0.717) is 23.5 Å². The van der Waals surface area contributed by atoms with Gasteiger partial charge in [-0.15, -0.1) is 0 Å². The minimum atomic E-state index is -4.62. The van der Waals surface area contributed by atoms with Gasteiger partial charge in [0, 0.05) is 63.0 Å². The second kappa shape index (κ2) is 17.7. The molecule has 52 heavy (non-hydrogen) atoms. The SMILES string of the molecule is COCCC1NCCc2ccc(NC(=O)c3ccc(OC)c(C(F)(F)F)c3)cc21.[N-]=[N+]=Nc1ccc(C(=O)Nc2cc(I)c3c(c2)CNCC3)cc1. The number of hydrogen-bond acceptors (Lipinski definition) is 7. The zero-order chi connectivity index (χ0) is 37.3. The summed E-state index contributed by atoms with van der Waals surface area (Å²) in [4.78, 5) is 27.6. The highest BCUT2D eigenvalue weighted by Crippen LogP contribution is 2.37. The molecule has 0 aliphatic carbocycles. The highest BCUT2D eigenvalue weighted by Gasteiger charge is 2.35. The summed E-state index contributed by atoms with van der Waals surface area (Å²) in [6.07, 6.45) is -1.94. The van der Waals surface area contributed by atoms with E-state index in [1.807, 2.05) is 24.3 Å². The van der Waals surface area contributed by atoms with Gasteiger partial charge in [-0.2, -0.15) is 13.2 Å². The van der Waals surface area contributed by atoms with E-state index in [1.54, 1.807) is 37.4 Å². The van der Waals surface area contributed by atoms with Crippen LogP contribution in [0, 0.1) is 3.57 Å². The van der Waals surface area contributed by atoms with Gasteiger partial charge in [0.05, 0.1) is 12.7 Å². The fourth-order valence-electron chi connectivity index (χ4n) is 6.06. The number of ether oxygens (including phenoxy) is 2. The fraction of sp³-hybridized carbons (Fsp3) is 0.297. The van der Waals surface area contributed by atoms with Crippen LogP contribution in [-0.2, 0) is 30.3 Å². The number of carbonyl (C=O) groups is 2. The molecule has 272 valence electrons. The summed E-state index contributed by atoms with van der Waals surface area (Å²) in [6.45, 7) is 3.28. The van der Waals surface area contributed by atoms with Crippen molar-refractivity contribution in [1.82, 2.24) is 10.6 Å². The molecular formula is C37H37F3IN7O4. The third-order valence-corrected chi connectivity index (χ3v) is 9.61. The summed E-state index contributed by atoms with van der Waals surface area (Å²) in [5.74, 6) is -1.12. The fourth-order valence-corrected chi connectivity index (χ4v) is 7.01. The van der Waals surface area contributed by atoms with Crippen LogP contribution in [0.5, 0.6) is 5.75 Å². The molecule has 0 saturated carbocycles. The number of hydrogen-bond donors (Lipinski definition) is 4. The van der Waals surface area contributed by atoms with Gasteiger partial charge in [-0.3, -0.25) is 9.59 Å². The molecule has 4 N–H and O–H groups in total. The molecule has 15 heteroatoms. The zero-order valence-corrected chi connectivity index (χ0v) is 30.6. The topological polar surface area (TPSA) is 149 Å². The second-order valence-electron chi connectivity index (χ2n) is 12.0. The quantitative estimate of drug-likeness (QED) is 0.0577. The van der Waals surface area contributed by atoms with Crippen LogP contribution < -0.4 is 26.0 Å². The number of benzene rings is 4. The summed E-state index contributed by atoms with van der Waals surface area (Å²) in [5.41, 5.74) is 14.5. The van der Waals surface area contributed by atoms with Gasteiger partial charge in [-0.05, 0) is 137 Å². The van der Waals surface area contributed by atoms with Crippen molar-refractivity contribution in [2.45, 2.75) is 38.0 Å². The van der Waals surface area contributed by atoms with Crippen molar-refractivity contribution in [1.29, 1.82) is 0 Å². The summed E-state index contributed by atoms with van der Waals surface area (Å²) in [7, 11) is 2.80. The molecule has 4 aromatic rings. The van der Waals surface area contributed by atoms with Gasteiger partial charge in [0.25, 0.3) is 11.8 Å². The van der Waals surface area contributed by atoms with Crippen molar-refractivity contribution < 1.29 is 32.2 Å². The Balaban J connectivity index is 0.000000206. The third kappa shape index (κ3) is 9.80. The Bertz CT molecular complexity index is 1970. The first-order valence-electron chi connectivity index (χ1n) is 16.4. The minimum absolute atomic E-state index is 0.0927. The van der Waals surface area contributed by atoms with Crippen LogP contribution in [0.4, 0.5) is 30.2 Å². The number of amides is 2. The molecule has 4 aromatic carbocycles. The van der Waals surface area contributed by atoms with Gasteiger partial charge in [-0.1, -0.05) is 23.3 Å². The Morgan fingerprint density at radius 2 is 1.65 bits per heavy atom. The van der Waals surface area contributed by atoms with Gasteiger partial charge in [0.15, 0.2) is 0 Å². The zero-order valence-electron chi connectivity index (χ0n) is 28.4. The number of nitrogens with zero attached hydrogens (tertiary/aromatic N) is 3. The first kappa shape index (κ1) is 38.6. The Labute approximate surface area is 312 Å². The van der Waals surface area contributed by atoms with Crippen molar-refractivity contribution in [3.8, 4) is 5.75 Å². The number of nitrogens with one attached hydrogen (secondary N) is 4. The molecule has 0 aromatic heterocycles. The molecule has 2 heterocycles. The van der Waals surface area contributed by atoms with Crippen molar-refractivity contribution in [3.63, 3.8) is 0 Å². The third-order valence-electron chi connectivity index (χ3n) is 8.64. The largest absolute Gasteiger partial charge is 0.496 e. The number of halogens is 4. The van der Waals surface area contributed by atoms with E-state index >= 15 is 0 Å².